The van der Waals surface area contributed by atoms with Crippen LogP contribution >= 0.6 is 7.59 Å². The molecule has 0 fully saturated rings. The number of hydrogen-bond acceptors (Lipinski definition) is 6. The maximum absolute atomic E-state index is 12.1. The maximum Gasteiger partial charge on any atom is 0.293 e. The second kappa shape index (κ2) is 7.23. The minimum atomic E-state index is -3.77. The molecule has 0 aromatic carbocycles. The van der Waals surface area contributed by atoms with Crippen LogP contribution in [0.3, 0.4) is 0 Å². The van der Waals surface area contributed by atoms with Crippen molar-refractivity contribution in [2.24, 2.45) is 0 Å². The van der Waals surface area contributed by atoms with E-state index in [2.05, 4.69) is 5.09 Å². The van der Waals surface area contributed by atoms with E-state index in [9.17, 15) is 4.57 Å². The van der Waals surface area contributed by atoms with Crippen molar-refractivity contribution in [3.05, 3.63) is 0 Å². The summed E-state index contributed by atoms with van der Waals surface area (Å²) in [6, 6.07) is 0. The molecule has 0 rings (SSSR count). The SMILES string of the molecule is O=P(NCO)(N(CO)CO)N(CO)CO. The highest BCUT2D eigenvalue weighted by Gasteiger charge is 2.35. The molecule has 0 spiro atoms. The average Bonchev–Trinajstić information content (AvgIpc) is 2.21. The van der Waals surface area contributed by atoms with Crippen LogP contribution in [-0.4, -0.2) is 68.5 Å². The van der Waals surface area contributed by atoms with Crippen LogP contribution < -0.4 is 5.09 Å². The Morgan fingerprint density at radius 1 is 0.867 bits per heavy atom. The van der Waals surface area contributed by atoms with Crippen LogP contribution in [0.4, 0.5) is 0 Å². The number of aliphatic hydroxyl groups is 5. The Balaban J connectivity index is 4.92. The highest BCUT2D eigenvalue weighted by Crippen LogP contribution is 2.47. The highest BCUT2D eigenvalue weighted by atomic mass is 31.2. The van der Waals surface area contributed by atoms with Gasteiger partial charge in [-0.3, -0.25) is 4.57 Å². The number of aliphatic hydroxyl groups excluding tert-OH is 5. The largest absolute Gasteiger partial charge is 0.381 e. The quantitative estimate of drug-likeness (QED) is 0.196. The Hall–Kier alpha value is -0.0900. The second-order valence-electron chi connectivity index (χ2n) is 2.44. The van der Waals surface area contributed by atoms with Crippen LogP contribution in [0.5, 0.6) is 0 Å². The Morgan fingerprint density at radius 3 is 1.40 bits per heavy atom. The van der Waals surface area contributed by atoms with Gasteiger partial charge in [-0.2, -0.15) is 9.34 Å². The van der Waals surface area contributed by atoms with Gasteiger partial charge in [0.2, 0.25) is 0 Å². The topological polar surface area (TPSA) is 137 Å². The third-order valence-electron chi connectivity index (χ3n) is 1.70. The van der Waals surface area contributed by atoms with Crippen molar-refractivity contribution >= 4 is 7.59 Å². The van der Waals surface area contributed by atoms with Crippen molar-refractivity contribution in [1.82, 2.24) is 14.4 Å². The van der Waals surface area contributed by atoms with E-state index in [1.807, 2.05) is 0 Å². The van der Waals surface area contributed by atoms with E-state index in [0.717, 1.165) is 0 Å². The predicted octanol–water partition coefficient (Wildman–Crippen LogP) is -2.96. The number of nitrogens with one attached hydrogen (secondary N) is 1. The first kappa shape index (κ1) is 14.9. The Labute approximate surface area is 86.7 Å². The van der Waals surface area contributed by atoms with Crippen molar-refractivity contribution in [3.63, 3.8) is 0 Å². The molecule has 0 saturated heterocycles. The van der Waals surface area contributed by atoms with E-state index < -0.39 is 41.2 Å². The Bertz CT molecular complexity index is 193. The number of rotatable bonds is 8. The van der Waals surface area contributed by atoms with Gasteiger partial charge < -0.3 is 25.5 Å². The molecule has 92 valence electrons. The number of hydrogen-bond donors (Lipinski definition) is 6. The molecule has 0 radical (unpaired) electrons. The van der Waals surface area contributed by atoms with Crippen LogP contribution in [0, 0.1) is 0 Å². The van der Waals surface area contributed by atoms with Gasteiger partial charge in [-0.15, -0.1) is 0 Å². The number of nitrogens with zero attached hydrogens (tertiary/aromatic N) is 2. The van der Waals surface area contributed by atoms with Crippen molar-refractivity contribution in [3.8, 4) is 0 Å². The summed E-state index contributed by atoms with van der Waals surface area (Å²) in [5, 5.41) is 45.9. The summed E-state index contributed by atoms with van der Waals surface area (Å²) in [6.45, 7) is -3.77. The third kappa shape index (κ3) is 3.45. The fourth-order valence-corrected chi connectivity index (χ4v) is 2.53. The molecule has 0 saturated carbocycles. The smallest absolute Gasteiger partial charge is 0.293 e. The van der Waals surface area contributed by atoms with Crippen LogP contribution in [-0.2, 0) is 4.57 Å². The van der Waals surface area contributed by atoms with Gasteiger partial charge in [0.15, 0.2) is 0 Å². The van der Waals surface area contributed by atoms with Crippen molar-refractivity contribution < 1.29 is 30.1 Å². The summed E-state index contributed by atoms with van der Waals surface area (Å²) in [5.74, 6) is 0. The highest BCUT2D eigenvalue weighted by molar-refractivity contribution is 7.56. The molecule has 0 heterocycles. The molecule has 10 heteroatoms. The lowest BCUT2D eigenvalue weighted by Crippen LogP contribution is -2.40. The fourth-order valence-electron chi connectivity index (χ4n) is 0.903. The zero-order chi connectivity index (χ0) is 11.9. The molecule has 0 aromatic heterocycles. The minimum Gasteiger partial charge on any atom is -0.381 e. The predicted molar refractivity (Wildman–Crippen MR) is 49.8 cm³/mol. The molecular formula is C5H16N3O6P. The standard InChI is InChI=1S/C5H16N3O6P/c9-1-6-15(14,7(2-10)3-11)8(4-12)5-13/h9-13H,1-5H2,(H,6,14). The summed E-state index contributed by atoms with van der Waals surface area (Å²) in [7, 11) is -3.77. The van der Waals surface area contributed by atoms with E-state index in [4.69, 9.17) is 25.5 Å². The minimum absolute atomic E-state index is 0.662. The first-order valence-corrected chi connectivity index (χ1v) is 5.62. The van der Waals surface area contributed by atoms with Gasteiger partial charge in [0.1, 0.15) is 33.7 Å². The summed E-state index contributed by atoms with van der Waals surface area (Å²) < 4.78 is 13.4. The lowest BCUT2D eigenvalue weighted by atomic mass is 11.1. The second-order valence-corrected chi connectivity index (χ2v) is 4.97. The zero-order valence-electron chi connectivity index (χ0n) is 8.02. The van der Waals surface area contributed by atoms with Gasteiger partial charge in [-0.1, -0.05) is 0 Å². The Morgan fingerprint density at radius 2 is 1.20 bits per heavy atom. The first-order chi connectivity index (χ1) is 7.10. The fraction of sp³-hybridized carbons (Fsp3) is 1.00. The normalized spacial score (nSPS) is 12.7. The van der Waals surface area contributed by atoms with Crippen molar-refractivity contribution in [2.45, 2.75) is 0 Å². The molecule has 6 N–H and O–H groups in total. The van der Waals surface area contributed by atoms with E-state index in [-0.39, 0.29) is 0 Å². The zero-order valence-corrected chi connectivity index (χ0v) is 8.92. The maximum atomic E-state index is 12.1. The summed E-state index contributed by atoms with van der Waals surface area (Å²) in [6.07, 6.45) is 0. The first-order valence-electron chi connectivity index (χ1n) is 4.01. The van der Waals surface area contributed by atoms with E-state index >= 15 is 0 Å². The summed E-state index contributed by atoms with van der Waals surface area (Å²) in [4.78, 5) is 0. The van der Waals surface area contributed by atoms with E-state index in [0.29, 0.717) is 9.34 Å². The van der Waals surface area contributed by atoms with Crippen LogP contribution in [0.1, 0.15) is 0 Å². The molecule has 0 bridgehead atoms. The monoisotopic (exact) mass is 245 g/mol. The van der Waals surface area contributed by atoms with Gasteiger partial charge in [-0.05, 0) is 0 Å². The van der Waals surface area contributed by atoms with Gasteiger partial charge in [0, 0.05) is 0 Å². The molecule has 0 aliphatic heterocycles. The van der Waals surface area contributed by atoms with Gasteiger partial charge in [-0.25, -0.2) is 5.09 Å². The van der Waals surface area contributed by atoms with Crippen molar-refractivity contribution in [2.75, 3.05) is 33.7 Å². The van der Waals surface area contributed by atoms with Crippen molar-refractivity contribution in [1.29, 1.82) is 0 Å². The lowest BCUT2D eigenvalue weighted by Gasteiger charge is -2.34. The lowest BCUT2D eigenvalue weighted by molar-refractivity contribution is 0.0518. The van der Waals surface area contributed by atoms with Crippen LogP contribution in [0.25, 0.3) is 0 Å². The molecule has 0 aliphatic carbocycles. The van der Waals surface area contributed by atoms with E-state index in [1.165, 1.54) is 0 Å². The molecule has 15 heavy (non-hydrogen) atoms. The molecule has 9 nitrogen and oxygen atoms in total. The third-order valence-corrected chi connectivity index (χ3v) is 4.29. The summed E-state index contributed by atoms with van der Waals surface area (Å²) in [5.41, 5.74) is 0. The molecule has 0 atom stereocenters. The molecule has 0 aliphatic rings. The summed E-state index contributed by atoms with van der Waals surface area (Å²) >= 11 is 0. The molecule has 0 unspecified atom stereocenters. The molecule has 0 amide bonds. The average molecular weight is 245 g/mol. The van der Waals surface area contributed by atoms with E-state index in [1.54, 1.807) is 0 Å². The van der Waals surface area contributed by atoms with Gasteiger partial charge >= 0.3 is 0 Å². The van der Waals surface area contributed by atoms with Gasteiger partial charge in [0.25, 0.3) is 7.59 Å². The van der Waals surface area contributed by atoms with Gasteiger partial charge in [0.05, 0.1) is 0 Å². The van der Waals surface area contributed by atoms with Crippen LogP contribution in [0.15, 0.2) is 0 Å². The Kier molecular flexibility index (Phi) is 7.18. The molecular weight excluding hydrogens is 229 g/mol. The van der Waals surface area contributed by atoms with Crippen LogP contribution in [0.2, 0.25) is 0 Å². The molecule has 0 aromatic rings.